The molecule has 27 heavy (non-hydrogen) atoms. The largest absolute Gasteiger partial charge is 0.396 e. The molecule has 1 unspecified atom stereocenters. The van der Waals surface area contributed by atoms with E-state index in [0.717, 1.165) is 38.5 Å². The molecule has 3 N–H and O–H groups in total. The molecule has 0 radical (unpaired) electrons. The predicted molar refractivity (Wildman–Crippen MR) is 110 cm³/mol. The lowest BCUT2D eigenvalue weighted by Crippen LogP contribution is -2.25. The van der Waals surface area contributed by atoms with E-state index in [4.69, 9.17) is 5.11 Å². The molecule has 0 saturated heterocycles. The highest BCUT2D eigenvalue weighted by atomic mass is 16.3. The summed E-state index contributed by atoms with van der Waals surface area (Å²) in [5, 5.41) is 29.7. The van der Waals surface area contributed by atoms with Crippen LogP contribution >= 0.6 is 0 Å². The molecule has 0 aromatic carbocycles. The molecule has 0 heterocycles. The second-order valence-electron chi connectivity index (χ2n) is 7.75. The molecule has 4 heteroatoms. The Balaban J connectivity index is 2.59. The Morgan fingerprint density at radius 3 is 2.63 bits per heavy atom. The van der Waals surface area contributed by atoms with Crippen LogP contribution in [-0.2, 0) is 4.79 Å². The first-order chi connectivity index (χ1) is 13.0. The highest BCUT2D eigenvalue weighted by molar-refractivity contribution is 5.84. The van der Waals surface area contributed by atoms with E-state index in [1.165, 1.54) is 0 Å². The van der Waals surface area contributed by atoms with E-state index < -0.39 is 11.7 Å². The van der Waals surface area contributed by atoms with Gasteiger partial charge < -0.3 is 15.3 Å². The zero-order valence-corrected chi connectivity index (χ0v) is 16.9. The van der Waals surface area contributed by atoms with Gasteiger partial charge in [0, 0.05) is 24.9 Å². The number of rotatable bonds is 14. The second-order valence-corrected chi connectivity index (χ2v) is 7.75. The number of aliphatic hydroxyl groups excluding tert-OH is 2. The average molecular weight is 379 g/mol. The molecule has 0 amide bonds. The van der Waals surface area contributed by atoms with Gasteiger partial charge >= 0.3 is 0 Å². The molecule has 1 rings (SSSR count). The number of aliphatic hydroxyl groups is 3. The van der Waals surface area contributed by atoms with Crippen molar-refractivity contribution in [2.24, 2.45) is 11.8 Å². The third-order valence-corrected chi connectivity index (χ3v) is 5.49. The van der Waals surface area contributed by atoms with Gasteiger partial charge in [0.05, 0.1) is 11.7 Å². The maximum atomic E-state index is 12.2. The first-order valence-corrected chi connectivity index (χ1v) is 10.5. The molecule has 4 atom stereocenters. The first-order valence-electron chi connectivity index (χ1n) is 10.5. The monoisotopic (exact) mass is 378 g/mol. The summed E-state index contributed by atoms with van der Waals surface area (Å²) in [7, 11) is 0. The van der Waals surface area contributed by atoms with Crippen LogP contribution in [0.15, 0.2) is 37.0 Å². The van der Waals surface area contributed by atoms with E-state index in [2.05, 4.69) is 19.6 Å². The fourth-order valence-electron chi connectivity index (χ4n) is 3.66. The lowest BCUT2D eigenvalue weighted by molar-refractivity contribution is -0.121. The molecule has 1 saturated carbocycles. The Kier molecular flexibility index (Phi) is 11.5. The second kappa shape index (κ2) is 13.0. The molecule has 0 aliphatic heterocycles. The fourth-order valence-corrected chi connectivity index (χ4v) is 3.66. The van der Waals surface area contributed by atoms with Gasteiger partial charge in [-0.1, -0.05) is 56.6 Å². The van der Waals surface area contributed by atoms with Gasteiger partial charge in [-0.25, -0.2) is 0 Å². The highest BCUT2D eigenvalue weighted by Gasteiger charge is 2.39. The van der Waals surface area contributed by atoms with E-state index >= 15 is 0 Å². The van der Waals surface area contributed by atoms with Crippen LogP contribution in [0, 0.1) is 11.8 Å². The molecule has 0 aromatic rings. The molecule has 1 fully saturated rings. The van der Waals surface area contributed by atoms with Gasteiger partial charge in [0.25, 0.3) is 0 Å². The zero-order valence-electron chi connectivity index (χ0n) is 16.9. The Bertz CT molecular complexity index is 497. The van der Waals surface area contributed by atoms with Crippen LogP contribution in [0.4, 0.5) is 0 Å². The van der Waals surface area contributed by atoms with Crippen LogP contribution in [0.25, 0.3) is 0 Å². The Labute approximate surface area is 164 Å². The zero-order chi connectivity index (χ0) is 20.1. The van der Waals surface area contributed by atoms with Gasteiger partial charge in [-0.2, -0.15) is 0 Å². The van der Waals surface area contributed by atoms with Gasteiger partial charge in [0.1, 0.15) is 5.78 Å². The van der Waals surface area contributed by atoms with Crippen molar-refractivity contribution in [3.63, 3.8) is 0 Å². The van der Waals surface area contributed by atoms with Crippen LogP contribution in [-0.4, -0.2) is 39.4 Å². The minimum absolute atomic E-state index is 0.110. The molecule has 1 aliphatic carbocycles. The smallest absolute Gasteiger partial charge is 0.139 e. The van der Waals surface area contributed by atoms with Crippen molar-refractivity contribution in [3.8, 4) is 0 Å². The maximum Gasteiger partial charge on any atom is 0.139 e. The summed E-state index contributed by atoms with van der Waals surface area (Å²) in [5.74, 6) is -0.273. The summed E-state index contributed by atoms with van der Waals surface area (Å²) in [6.07, 6.45) is 16.6. The summed E-state index contributed by atoms with van der Waals surface area (Å²) in [6, 6.07) is 0. The molecule has 154 valence electrons. The maximum absolute atomic E-state index is 12.2. The van der Waals surface area contributed by atoms with Gasteiger partial charge in [-0.3, -0.25) is 4.79 Å². The van der Waals surface area contributed by atoms with Crippen LogP contribution in [0.3, 0.4) is 0 Å². The van der Waals surface area contributed by atoms with Crippen molar-refractivity contribution in [2.45, 2.75) is 82.8 Å². The first kappa shape index (κ1) is 23.8. The lowest BCUT2D eigenvalue weighted by Gasteiger charge is -2.23. The summed E-state index contributed by atoms with van der Waals surface area (Å²) in [5.41, 5.74) is -0.915. The Hall–Kier alpha value is -1.23. The van der Waals surface area contributed by atoms with E-state index in [9.17, 15) is 15.0 Å². The quantitative estimate of drug-likeness (QED) is 0.314. The molecule has 0 spiro atoms. The van der Waals surface area contributed by atoms with Crippen LogP contribution in [0.5, 0.6) is 0 Å². The number of allylic oxidation sites excluding steroid dienone is 2. The van der Waals surface area contributed by atoms with Crippen LogP contribution in [0.1, 0.15) is 71.1 Å². The van der Waals surface area contributed by atoms with Gasteiger partial charge in [0.15, 0.2) is 0 Å². The number of hydrogen-bond acceptors (Lipinski definition) is 4. The minimum atomic E-state index is -0.915. The average Bonchev–Trinajstić information content (AvgIpc) is 2.91. The summed E-state index contributed by atoms with van der Waals surface area (Å²) < 4.78 is 0. The topological polar surface area (TPSA) is 77.8 Å². The van der Waals surface area contributed by atoms with Crippen molar-refractivity contribution in [2.75, 3.05) is 6.61 Å². The third-order valence-electron chi connectivity index (χ3n) is 5.49. The van der Waals surface area contributed by atoms with Gasteiger partial charge in [-0.05, 0) is 38.5 Å². The van der Waals surface area contributed by atoms with Crippen molar-refractivity contribution >= 4 is 5.78 Å². The number of carbonyl (C=O) groups is 1. The molecule has 4 nitrogen and oxygen atoms in total. The molecular formula is C23H38O4. The van der Waals surface area contributed by atoms with E-state index in [1.54, 1.807) is 6.08 Å². The molecular weight excluding hydrogens is 340 g/mol. The molecule has 0 bridgehead atoms. The Morgan fingerprint density at radius 1 is 1.19 bits per heavy atom. The standard InChI is InChI=1S/C23H38O4/c1-3-5-10-15-23(27,4-2)16-12-14-20-19(21(25)18-22(20)26)13-9-7-6-8-11-17-24/h4,7,9,12,14,19-20,22,24,26-27H,2-3,5-6,8,10-11,13,15-18H2,1H3/t19-,20-,22-,23?/m1/s1. The van der Waals surface area contributed by atoms with Crippen molar-refractivity contribution in [1.82, 2.24) is 0 Å². The van der Waals surface area contributed by atoms with E-state index in [0.29, 0.717) is 19.3 Å². The van der Waals surface area contributed by atoms with Crippen LogP contribution < -0.4 is 0 Å². The van der Waals surface area contributed by atoms with Crippen LogP contribution in [0.2, 0.25) is 0 Å². The van der Waals surface area contributed by atoms with Crippen molar-refractivity contribution in [3.05, 3.63) is 37.0 Å². The van der Waals surface area contributed by atoms with E-state index in [-0.39, 0.29) is 30.6 Å². The van der Waals surface area contributed by atoms with Crippen molar-refractivity contribution in [1.29, 1.82) is 0 Å². The number of Topliss-reactive ketones (excluding diaryl/α,β-unsaturated/α-hetero) is 1. The Morgan fingerprint density at radius 2 is 1.96 bits per heavy atom. The van der Waals surface area contributed by atoms with Crippen molar-refractivity contribution < 1.29 is 20.1 Å². The van der Waals surface area contributed by atoms with Gasteiger partial charge in [-0.15, -0.1) is 6.58 Å². The fraction of sp³-hybridized carbons (Fsp3) is 0.696. The number of hydrogen-bond donors (Lipinski definition) is 3. The summed E-state index contributed by atoms with van der Waals surface area (Å²) >= 11 is 0. The molecule has 1 aliphatic rings. The summed E-state index contributed by atoms with van der Waals surface area (Å²) in [4.78, 5) is 12.2. The lowest BCUT2D eigenvalue weighted by atomic mass is 9.88. The number of carbonyl (C=O) groups excluding carboxylic acids is 1. The SMILES string of the molecule is C=CC(O)(CC=C[C@H]1[C@H](O)CC(=O)[C@@H]1CC=CCCCCO)CCCCC. The number of ketones is 1. The molecule has 0 aromatic heterocycles. The highest BCUT2D eigenvalue weighted by Crippen LogP contribution is 2.34. The number of unbranched alkanes of at least 4 members (excludes halogenated alkanes) is 4. The van der Waals surface area contributed by atoms with E-state index in [1.807, 2.05) is 18.2 Å². The summed E-state index contributed by atoms with van der Waals surface area (Å²) in [6.45, 7) is 6.11. The third kappa shape index (κ3) is 8.54. The minimum Gasteiger partial charge on any atom is -0.396 e. The van der Waals surface area contributed by atoms with Gasteiger partial charge in [0.2, 0.25) is 0 Å². The normalized spacial score (nSPS) is 25.5. The predicted octanol–water partition coefficient (Wildman–Crippen LogP) is 4.11.